The molecule has 1 N–H and O–H groups in total. The van der Waals surface area contributed by atoms with Gasteiger partial charge in [0, 0.05) is 41.0 Å². The van der Waals surface area contributed by atoms with Gasteiger partial charge in [-0.15, -0.1) is 10.2 Å². The summed E-state index contributed by atoms with van der Waals surface area (Å²) in [6.45, 7) is 2.93. The summed E-state index contributed by atoms with van der Waals surface area (Å²) in [5.74, 6) is 2.75. The van der Waals surface area contributed by atoms with Crippen molar-refractivity contribution in [3.63, 3.8) is 0 Å². The number of anilines is 1. The molecule has 0 radical (unpaired) electrons. The molecule has 6 nitrogen and oxygen atoms in total. The monoisotopic (exact) mass is 385 g/mol. The Kier molecular flexibility index (Phi) is 3.72. The Bertz CT molecular complexity index is 908. The number of nitrogens with one attached hydrogen (secondary N) is 1. The van der Waals surface area contributed by atoms with Crippen LogP contribution in [0.2, 0.25) is 0 Å². The van der Waals surface area contributed by atoms with Gasteiger partial charge in [-0.3, -0.25) is 9.55 Å². The van der Waals surface area contributed by atoms with Crippen LogP contribution in [-0.2, 0) is 0 Å². The SMILES string of the molecule is COc1ccc2c(c1)NC[C@H](C)c1nnc(-c3cncc(Br)c3)n1-2. The largest absolute Gasteiger partial charge is 0.497 e. The summed E-state index contributed by atoms with van der Waals surface area (Å²) in [4.78, 5) is 4.25. The zero-order chi connectivity index (χ0) is 16.7. The molecule has 122 valence electrons. The Labute approximate surface area is 148 Å². The van der Waals surface area contributed by atoms with Crippen molar-refractivity contribution in [3.05, 3.63) is 47.0 Å². The van der Waals surface area contributed by atoms with E-state index in [9.17, 15) is 0 Å². The number of pyridine rings is 1. The highest BCUT2D eigenvalue weighted by Gasteiger charge is 2.25. The van der Waals surface area contributed by atoms with E-state index in [4.69, 9.17) is 4.74 Å². The van der Waals surface area contributed by atoms with Crippen LogP contribution < -0.4 is 10.1 Å². The lowest BCUT2D eigenvalue weighted by Gasteiger charge is -2.13. The average Bonchev–Trinajstić information content (AvgIpc) is 2.99. The Morgan fingerprint density at radius 2 is 2.12 bits per heavy atom. The third kappa shape index (κ3) is 2.45. The zero-order valence-corrected chi connectivity index (χ0v) is 14.9. The van der Waals surface area contributed by atoms with Gasteiger partial charge in [0.25, 0.3) is 0 Å². The van der Waals surface area contributed by atoms with Crippen LogP contribution in [0.15, 0.2) is 41.1 Å². The molecule has 3 heterocycles. The highest BCUT2D eigenvalue weighted by Crippen LogP contribution is 2.35. The number of ether oxygens (including phenoxy) is 1. The molecular weight excluding hydrogens is 370 g/mol. The lowest BCUT2D eigenvalue weighted by Crippen LogP contribution is -2.09. The summed E-state index contributed by atoms with van der Waals surface area (Å²) in [5, 5.41) is 12.4. The number of rotatable bonds is 2. The van der Waals surface area contributed by atoms with Gasteiger partial charge in [-0.1, -0.05) is 6.92 Å². The van der Waals surface area contributed by atoms with E-state index in [0.29, 0.717) is 0 Å². The van der Waals surface area contributed by atoms with Crippen LogP contribution >= 0.6 is 15.9 Å². The van der Waals surface area contributed by atoms with E-state index < -0.39 is 0 Å². The summed E-state index contributed by atoms with van der Waals surface area (Å²) >= 11 is 3.47. The first-order valence-corrected chi connectivity index (χ1v) is 8.45. The number of aromatic nitrogens is 4. The van der Waals surface area contributed by atoms with Crippen molar-refractivity contribution in [2.75, 3.05) is 19.0 Å². The summed E-state index contributed by atoms with van der Waals surface area (Å²) in [5.41, 5.74) is 2.93. The van der Waals surface area contributed by atoms with E-state index in [-0.39, 0.29) is 5.92 Å². The molecule has 1 aliphatic heterocycles. The van der Waals surface area contributed by atoms with Crippen molar-refractivity contribution in [1.82, 2.24) is 19.7 Å². The van der Waals surface area contributed by atoms with Crippen molar-refractivity contribution in [2.24, 2.45) is 0 Å². The molecular formula is C17H16BrN5O. The fourth-order valence-electron chi connectivity index (χ4n) is 2.91. The molecule has 0 spiro atoms. The maximum atomic E-state index is 5.35. The predicted octanol–water partition coefficient (Wildman–Crippen LogP) is 3.63. The molecule has 1 atom stereocenters. The maximum Gasteiger partial charge on any atom is 0.170 e. The van der Waals surface area contributed by atoms with E-state index in [1.807, 2.05) is 24.3 Å². The third-order valence-electron chi connectivity index (χ3n) is 4.14. The van der Waals surface area contributed by atoms with Crippen molar-refractivity contribution < 1.29 is 4.74 Å². The van der Waals surface area contributed by atoms with Crippen LogP contribution in [0.1, 0.15) is 18.7 Å². The maximum absolute atomic E-state index is 5.35. The Morgan fingerprint density at radius 1 is 1.25 bits per heavy atom. The number of hydrogen-bond donors (Lipinski definition) is 1. The lowest BCUT2D eigenvalue weighted by atomic mass is 10.1. The van der Waals surface area contributed by atoms with Crippen LogP contribution in [0.5, 0.6) is 5.75 Å². The van der Waals surface area contributed by atoms with Crippen LogP contribution in [-0.4, -0.2) is 33.4 Å². The normalized spacial score (nSPS) is 15.9. The molecule has 0 unspecified atom stereocenters. The lowest BCUT2D eigenvalue weighted by molar-refractivity contribution is 0.415. The van der Waals surface area contributed by atoms with Gasteiger partial charge in [-0.2, -0.15) is 0 Å². The van der Waals surface area contributed by atoms with Crippen molar-refractivity contribution in [3.8, 4) is 22.8 Å². The number of halogens is 1. The zero-order valence-electron chi connectivity index (χ0n) is 13.3. The van der Waals surface area contributed by atoms with Gasteiger partial charge < -0.3 is 10.1 Å². The first-order chi connectivity index (χ1) is 11.7. The second-order valence-corrected chi connectivity index (χ2v) is 6.69. The second kappa shape index (κ2) is 5.90. The van der Waals surface area contributed by atoms with Gasteiger partial charge >= 0.3 is 0 Å². The molecule has 24 heavy (non-hydrogen) atoms. The second-order valence-electron chi connectivity index (χ2n) is 5.77. The van der Waals surface area contributed by atoms with Crippen molar-refractivity contribution in [1.29, 1.82) is 0 Å². The standard InChI is InChI=1S/C17H16BrN5O/c1-10-7-20-14-6-13(24-2)3-4-15(14)23-16(10)21-22-17(23)11-5-12(18)9-19-8-11/h3-6,8-10,20H,7H2,1-2H3/t10-/m0/s1. The van der Waals surface area contributed by atoms with Gasteiger partial charge in [0.15, 0.2) is 5.82 Å². The Morgan fingerprint density at radius 3 is 2.92 bits per heavy atom. The van der Waals surface area contributed by atoms with E-state index in [2.05, 4.69) is 47.9 Å². The number of hydrogen-bond acceptors (Lipinski definition) is 5. The minimum absolute atomic E-state index is 0.227. The molecule has 2 aromatic heterocycles. The highest BCUT2D eigenvalue weighted by atomic mass is 79.9. The molecule has 0 aliphatic carbocycles. The predicted molar refractivity (Wildman–Crippen MR) is 95.7 cm³/mol. The van der Waals surface area contributed by atoms with Crippen molar-refractivity contribution >= 4 is 21.6 Å². The fraction of sp³-hybridized carbons (Fsp3) is 0.235. The third-order valence-corrected chi connectivity index (χ3v) is 4.57. The number of fused-ring (bicyclic) bond motifs is 3. The molecule has 1 aliphatic rings. The summed E-state index contributed by atoms with van der Waals surface area (Å²) < 4.78 is 8.36. The fourth-order valence-corrected chi connectivity index (χ4v) is 3.27. The Balaban J connectivity index is 1.96. The van der Waals surface area contributed by atoms with Gasteiger partial charge in [0.1, 0.15) is 11.6 Å². The van der Waals surface area contributed by atoms with Gasteiger partial charge in [0.2, 0.25) is 0 Å². The topological polar surface area (TPSA) is 64.9 Å². The smallest absolute Gasteiger partial charge is 0.170 e. The molecule has 0 bridgehead atoms. The summed E-state index contributed by atoms with van der Waals surface area (Å²) in [6.07, 6.45) is 3.56. The molecule has 0 saturated heterocycles. The number of nitrogens with zero attached hydrogens (tertiary/aromatic N) is 4. The van der Waals surface area contributed by atoms with E-state index in [0.717, 1.165) is 45.4 Å². The molecule has 1 aromatic carbocycles. The molecule has 0 fully saturated rings. The number of methoxy groups -OCH3 is 1. The van der Waals surface area contributed by atoms with E-state index >= 15 is 0 Å². The quantitative estimate of drug-likeness (QED) is 0.729. The highest BCUT2D eigenvalue weighted by molar-refractivity contribution is 9.10. The van der Waals surface area contributed by atoms with E-state index in [1.54, 1.807) is 19.5 Å². The molecule has 4 rings (SSSR count). The van der Waals surface area contributed by atoms with Crippen LogP contribution in [0.4, 0.5) is 5.69 Å². The Hall–Kier alpha value is -2.41. The van der Waals surface area contributed by atoms with Gasteiger partial charge in [0.05, 0.1) is 18.5 Å². The molecule has 0 amide bonds. The minimum atomic E-state index is 0.227. The summed E-state index contributed by atoms with van der Waals surface area (Å²) in [6, 6.07) is 7.97. The first-order valence-electron chi connectivity index (χ1n) is 7.66. The average molecular weight is 386 g/mol. The van der Waals surface area contributed by atoms with Crippen LogP contribution in [0, 0.1) is 0 Å². The van der Waals surface area contributed by atoms with Gasteiger partial charge in [-0.25, -0.2) is 0 Å². The molecule has 7 heteroatoms. The first kappa shape index (κ1) is 15.1. The van der Waals surface area contributed by atoms with Crippen molar-refractivity contribution in [2.45, 2.75) is 12.8 Å². The van der Waals surface area contributed by atoms with Crippen LogP contribution in [0.25, 0.3) is 17.1 Å². The molecule has 0 saturated carbocycles. The minimum Gasteiger partial charge on any atom is -0.497 e. The number of benzene rings is 1. The summed E-state index contributed by atoms with van der Waals surface area (Å²) in [7, 11) is 1.67. The molecule has 3 aromatic rings. The van der Waals surface area contributed by atoms with E-state index in [1.165, 1.54) is 0 Å². The van der Waals surface area contributed by atoms with Gasteiger partial charge in [-0.05, 0) is 34.1 Å². The van der Waals surface area contributed by atoms with Crippen LogP contribution in [0.3, 0.4) is 0 Å².